The quantitative estimate of drug-likeness (QED) is 0.498. The van der Waals surface area contributed by atoms with E-state index in [1.807, 2.05) is 13.8 Å². The minimum atomic E-state index is -0.346. The number of carbonyl (C=O) groups is 1. The maximum absolute atomic E-state index is 12.1. The van der Waals surface area contributed by atoms with Crippen LogP contribution >= 0.6 is 0 Å². The van der Waals surface area contributed by atoms with Gasteiger partial charge in [-0.3, -0.25) is 4.79 Å². The third kappa shape index (κ3) is 3.89. The van der Waals surface area contributed by atoms with Gasteiger partial charge in [0.15, 0.2) is 5.78 Å². The zero-order chi connectivity index (χ0) is 15.1. The fourth-order valence-electron chi connectivity index (χ4n) is 2.22. The molecule has 0 atom stereocenters. The number of benzene rings is 1. The highest BCUT2D eigenvalue weighted by atomic mass is 16.3. The topological polar surface area (TPSA) is 77.8 Å². The van der Waals surface area contributed by atoms with Crippen molar-refractivity contribution in [2.24, 2.45) is 0 Å². The lowest BCUT2D eigenvalue weighted by molar-refractivity contribution is 0.0973. The van der Waals surface area contributed by atoms with E-state index in [-0.39, 0.29) is 28.6 Å². The zero-order valence-electron chi connectivity index (χ0n) is 12.3. The first-order valence-electron chi connectivity index (χ1n) is 7.32. The van der Waals surface area contributed by atoms with Gasteiger partial charge in [-0.25, -0.2) is 0 Å². The molecule has 0 aliphatic heterocycles. The summed E-state index contributed by atoms with van der Waals surface area (Å²) < 4.78 is 0. The lowest BCUT2D eigenvalue weighted by atomic mass is 9.97. The molecule has 3 N–H and O–H groups in total. The predicted molar refractivity (Wildman–Crippen MR) is 78.5 cm³/mol. The van der Waals surface area contributed by atoms with E-state index in [2.05, 4.69) is 0 Å². The fourth-order valence-corrected chi connectivity index (χ4v) is 2.22. The smallest absolute Gasteiger partial charge is 0.170 e. The van der Waals surface area contributed by atoms with E-state index in [4.69, 9.17) is 0 Å². The number of ketones is 1. The summed E-state index contributed by atoms with van der Waals surface area (Å²) in [4.78, 5) is 12.1. The highest BCUT2D eigenvalue weighted by molar-refractivity contribution is 6.01. The van der Waals surface area contributed by atoms with Crippen LogP contribution in [0.1, 0.15) is 68.3 Å². The molecule has 0 heterocycles. The standard InChI is InChI=1S/C16H24O4/c1-3-5-7-9-12(17)15-14(19)10-13(18)11(16(15)20)8-6-4-2/h10,18-20H,3-9H2,1-2H3. The lowest BCUT2D eigenvalue weighted by Crippen LogP contribution is -2.02. The van der Waals surface area contributed by atoms with E-state index >= 15 is 0 Å². The summed E-state index contributed by atoms with van der Waals surface area (Å²) >= 11 is 0. The summed E-state index contributed by atoms with van der Waals surface area (Å²) in [6, 6.07) is 1.15. The van der Waals surface area contributed by atoms with Crippen LogP contribution in [0.2, 0.25) is 0 Å². The summed E-state index contributed by atoms with van der Waals surface area (Å²) in [5, 5.41) is 29.8. The predicted octanol–water partition coefficient (Wildman–Crippen LogP) is 3.91. The van der Waals surface area contributed by atoms with Crippen LogP contribution in [0, 0.1) is 0 Å². The summed E-state index contributed by atoms with van der Waals surface area (Å²) in [5.74, 6) is -1.04. The number of hydrogen-bond acceptors (Lipinski definition) is 4. The minimum Gasteiger partial charge on any atom is -0.507 e. The van der Waals surface area contributed by atoms with Gasteiger partial charge in [-0.1, -0.05) is 33.1 Å². The van der Waals surface area contributed by atoms with Crippen LogP contribution in [0.25, 0.3) is 0 Å². The zero-order valence-corrected chi connectivity index (χ0v) is 12.3. The Hall–Kier alpha value is -1.71. The van der Waals surface area contributed by atoms with Gasteiger partial charge in [0.2, 0.25) is 0 Å². The van der Waals surface area contributed by atoms with Crippen molar-refractivity contribution in [3.63, 3.8) is 0 Å². The Morgan fingerprint density at radius 2 is 1.65 bits per heavy atom. The molecule has 0 amide bonds. The molecule has 0 aromatic heterocycles. The van der Waals surface area contributed by atoms with Crippen molar-refractivity contribution < 1.29 is 20.1 Å². The second-order valence-corrected chi connectivity index (χ2v) is 5.10. The molecule has 0 unspecified atom stereocenters. The Bertz CT molecular complexity index is 466. The number of phenolic OH excluding ortho intramolecular Hbond substituents is 3. The molecule has 112 valence electrons. The third-order valence-electron chi connectivity index (χ3n) is 3.43. The maximum atomic E-state index is 12.1. The van der Waals surface area contributed by atoms with Crippen molar-refractivity contribution in [2.75, 3.05) is 0 Å². The second-order valence-electron chi connectivity index (χ2n) is 5.10. The molecule has 0 spiro atoms. The first-order chi connectivity index (χ1) is 9.52. The van der Waals surface area contributed by atoms with Crippen molar-refractivity contribution in [3.8, 4) is 17.2 Å². The molecule has 1 aromatic rings. The molecule has 20 heavy (non-hydrogen) atoms. The normalized spacial score (nSPS) is 10.7. The number of Topliss-reactive ketones (excluding diaryl/α,β-unsaturated/α-hetero) is 1. The number of phenols is 3. The molecule has 0 saturated carbocycles. The first-order valence-corrected chi connectivity index (χ1v) is 7.32. The van der Waals surface area contributed by atoms with Crippen LogP contribution in [0.3, 0.4) is 0 Å². The van der Waals surface area contributed by atoms with Crippen molar-refractivity contribution in [1.82, 2.24) is 0 Å². The average molecular weight is 280 g/mol. The van der Waals surface area contributed by atoms with Gasteiger partial charge >= 0.3 is 0 Å². The van der Waals surface area contributed by atoms with E-state index in [1.54, 1.807) is 0 Å². The lowest BCUT2D eigenvalue weighted by Gasteiger charge is -2.13. The average Bonchev–Trinajstić information content (AvgIpc) is 2.38. The molecule has 1 rings (SSSR count). The molecular weight excluding hydrogens is 256 g/mol. The molecule has 0 fully saturated rings. The second kappa shape index (κ2) is 7.78. The molecule has 0 saturated heterocycles. The van der Waals surface area contributed by atoms with Gasteiger partial charge in [0.05, 0.1) is 0 Å². The van der Waals surface area contributed by atoms with Gasteiger partial charge in [-0.05, 0) is 19.3 Å². The van der Waals surface area contributed by atoms with Crippen molar-refractivity contribution in [1.29, 1.82) is 0 Å². The van der Waals surface area contributed by atoms with Gasteiger partial charge in [-0.2, -0.15) is 0 Å². The number of carbonyl (C=O) groups excluding carboxylic acids is 1. The molecule has 4 heteroatoms. The van der Waals surface area contributed by atoms with Gasteiger partial charge in [0.25, 0.3) is 0 Å². The molecule has 0 aliphatic rings. The van der Waals surface area contributed by atoms with E-state index in [1.165, 1.54) is 0 Å². The Morgan fingerprint density at radius 1 is 1.00 bits per heavy atom. The van der Waals surface area contributed by atoms with E-state index in [0.29, 0.717) is 18.4 Å². The van der Waals surface area contributed by atoms with Crippen LogP contribution in [0.5, 0.6) is 17.2 Å². The van der Waals surface area contributed by atoms with Crippen molar-refractivity contribution >= 4 is 5.78 Å². The fraction of sp³-hybridized carbons (Fsp3) is 0.562. The Labute approximate surface area is 120 Å². The molecule has 0 aliphatic carbocycles. The van der Waals surface area contributed by atoms with Crippen LogP contribution in [0.4, 0.5) is 0 Å². The van der Waals surface area contributed by atoms with Crippen LogP contribution in [-0.4, -0.2) is 21.1 Å². The molecule has 1 aromatic carbocycles. The third-order valence-corrected chi connectivity index (χ3v) is 3.43. The largest absolute Gasteiger partial charge is 0.507 e. The van der Waals surface area contributed by atoms with Crippen LogP contribution in [-0.2, 0) is 6.42 Å². The number of unbranched alkanes of at least 4 members (excludes halogenated alkanes) is 3. The summed E-state index contributed by atoms with van der Waals surface area (Å²) in [6.45, 7) is 4.05. The number of hydrogen-bond donors (Lipinski definition) is 3. The Kier molecular flexibility index (Phi) is 6.36. The van der Waals surface area contributed by atoms with Gasteiger partial charge in [0.1, 0.15) is 22.8 Å². The first kappa shape index (κ1) is 16.3. The van der Waals surface area contributed by atoms with E-state index in [0.717, 1.165) is 38.2 Å². The number of aromatic hydroxyl groups is 3. The molecule has 0 radical (unpaired) electrons. The summed E-state index contributed by atoms with van der Waals surface area (Å²) in [5.41, 5.74) is 0.300. The minimum absolute atomic E-state index is 0.0509. The van der Waals surface area contributed by atoms with Crippen LogP contribution < -0.4 is 0 Å². The van der Waals surface area contributed by atoms with Gasteiger partial charge in [-0.15, -0.1) is 0 Å². The maximum Gasteiger partial charge on any atom is 0.170 e. The molecular formula is C16H24O4. The van der Waals surface area contributed by atoms with Gasteiger partial charge in [0, 0.05) is 18.1 Å². The highest BCUT2D eigenvalue weighted by Gasteiger charge is 2.21. The van der Waals surface area contributed by atoms with E-state index < -0.39 is 0 Å². The number of rotatable bonds is 8. The van der Waals surface area contributed by atoms with Crippen LogP contribution in [0.15, 0.2) is 6.07 Å². The SMILES string of the molecule is CCCCCC(=O)c1c(O)cc(O)c(CCCC)c1O. The Morgan fingerprint density at radius 3 is 2.25 bits per heavy atom. The summed E-state index contributed by atoms with van der Waals surface area (Å²) in [6.07, 6.45) is 5.18. The van der Waals surface area contributed by atoms with Crippen molar-refractivity contribution in [2.45, 2.75) is 58.8 Å². The van der Waals surface area contributed by atoms with E-state index in [9.17, 15) is 20.1 Å². The molecule has 0 bridgehead atoms. The Balaban J connectivity index is 3.02. The van der Waals surface area contributed by atoms with Crippen molar-refractivity contribution in [3.05, 3.63) is 17.2 Å². The van der Waals surface area contributed by atoms with Gasteiger partial charge < -0.3 is 15.3 Å². The summed E-state index contributed by atoms with van der Waals surface area (Å²) in [7, 11) is 0. The molecule has 4 nitrogen and oxygen atoms in total. The highest BCUT2D eigenvalue weighted by Crippen LogP contribution is 2.39. The monoisotopic (exact) mass is 280 g/mol.